The summed E-state index contributed by atoms with van der Waals surface area (Å²) < 4.78 is 10.4. The third-order valence-corrected chi connectivity index (χ3v) is 2.35. The Labute approximate surface area is 122 Å². The van der Waals surface area contributed by atoms with E-state index >= 15 is 0 Å². The molecule has 0 heterocycles. The van der Waals surface area contributed by atoms with Crippen LogP contribution in [-0.2, 0) is 9.53 Å². The minimum absolute atomic E-state index is 0.124. The molecule has 1 aromatic carbocycles. The fourth-order valence-electron chi connectivity index (χ4n) is 1.63. The van der Waals surface area contributed by atoms with Crippen LogP contribution in [0.5, 0.6) is 5.75 Å². The maximum atomic E-state index is 11.2. The first kappa shape index (κ1) is 16.7. The Hall–Kier alpha value is -2.35. The fraction of sp³-hybridized carbons (Fsp3) is 0.462. The second-order valence-electron chi connectivity index (χ2n) is 4.52. The predicted molar refractivity (Wildman–Crippen MR) is 77.4 cm³/mol. The number of nitrogens with zero attached hydrogens (tertiary/aromatic N) is 1. The first-order chi connectivity index (χ1) is 9.91. The normalized spacial score (nSPS) is 10.4. The molecule has 0 saturated heterocycles. The van der Waals surface area contributed by atoms with Gasteiger partial charge < -0.3 is 20.5 Å². The molecule has 0 bridgehead atoms. The van der Waals surface area contributed by atoms with Crippen LogP contribution in [0.2, 0.25) is 0 Å². The Morgan fingerprint density at radius 2 is 2.19 bits per heavy atom. The molecule has 0 radical (unpaired) electrons. The zero-order chi connectivity index (χ0) is 15.8. The van der Waals surface area contributed by atoms with Crippen LogP contribution in [-0.4, -0.2) is 36.7 Å². The van der Waals surface area contributed by atoms with E-state index in [4.69, 9.17) is 15.2 Å². The molecule has 116 valence electrons. The van der Waals surface area contributed by atoms with Gasteiger partial charge in [-0.2, -0.15) is 0 Å². The molecule has 0 unspecified atom stereocenters. The van der Waals surface area contributed by atoms with Crippen LogP contribution >= 0.6 is 0 Å². The number of hydrogen-bond donors (Lipinski definition) is 2. The van der Waals surface area contributed by atoms with Crippen molar-refractivity contribution in [3.8, 4) is 5.75 Å². The molecule has 0 fully saturated rings. The van der Waals surface area contributed by atoms with Gasteiger partial charge in [-0.05, 0) is 26.0 Å². The number of ether oxygens (including phenoxy) is 2. The van der Waals surface area contributed by atoms with Crippen LogP contribution < -0.4 is 15.8 Å². The number of hydrogen-bond acceptors (Lipinski definition) is 6. The van der Waals surface area contributed by atoms with Gasteiger partial charge in [-0.15, -0.1) is 0 Å². The van der Waals surface area contributed by atoms with E-state index in [1.165, 1.54) is 0 Å². The zero-order valence-electron chi connectivity index (χ0n) is 12.0. The van der Waals surface area contributed by atoms with Crippen LogP contribution in [0.3, 0.4) is 0 Å². The molecule has 0 aromatic heterocycles. The van der Waals surface area contributed by atoms with Gasteiger partial charge in [0.25, 0.3) is 0 Å². The van der Waals surface area contributed by atoms with Crippen LogP contribution in [0.1, 0.15) is 13.8 Å². The molecule has 0 aliphatic rings. The lowest BCUT2D eigenvalue weighted by Gasteiger charge is -2.13. The Morgan fingerprint density at radius 3 is 2.76 bits per heavy atom. The molecule has 3 N–H and O–H groups in total. The third-order valence-electron chi connectivity index (χ3n) is 2.35. The molecule has 1 aromatic rings. The zero-order valence-corrected chi connectivity index (χ0v) is 12.0. The summed E-state index contributed by atoms with van der Waals surface area (Å²) >= 11 is 0. The van der Waals surface area contributed by atoms with Crippen molar-refractivity contribution in [1.82, 2.24) is 0 Å². The second-order valence-corrected chi connectivity index (χ2v) is 4.52. The topological polar surface area (TPSA) is 117 Å². The van der Waals surface area contributed by atoms with Gasteiger partial charge >= 0.3 is 5.69 Å². The van der Waals surface area contributed by atoms with Crippen molar-refractivity contribution >= 4 is 17.3 Å². The molecule has 0 aliphatic heterocycles. The Balaban J connectivity index is 2.72. The molecule has 0 spiro atoms. The molecule has 1 amide bonds. The third kappa shape index (κ3) is 5.65. The lowest BCUT2D eigenvalue weighted by molar-refractivity contribution is -0.385. The van der Waals surface area contributed by atoms with Crippen molar-refractivity contribution in [2.24, 2.45) is 5.73 Å². The average molecular weight is 297 g/mol. The number of carbonyl (C=O) groups is 1. The van der Waals surface area contributed by atoms with Crippen molar-refractivity contribution in [2.75, 3.05) is 25.1 Å². The van der Waals surface area contributed by atoms with Gasteiger partial charge in [0.05, 0.1) is 17.6 Å². The minimum atomic E-state index is -0.562. The van der Waals surface area contributed by atoms with Crippen molar-refractivity contribution in [3.05, 3.63) is 28.3 Å². The van der Waals surface area contributed by atoms with Gasteiger partial charge in [0.2, 0.25) is 5.91 Å². The standard InChI is InChI=1S/C13H19N3O5/c1-9(2)21-11-5-3-4-10(13(11)16(18)19)15-6-7-20-8-12(14)17/h3-5,9,15H,6-8H2,1-2H3,(H2,14,17). The van der Waals surface area contributed by atoms with Crippen LogP contribution in [0.15, 0.2) is 18.2 Å². The summed E-state index contributed by atoms with van der Waals surface area (Å²) in [5, 5.41) is 14.1. The number of rotatable bonds is 9. The Morgan fingerprint density at radius 1 is 1.48 bits per heavy atom. The highest BCUT2D eigenvalue weighted by molar-refractivity contribution is 5.75. The molecule has 0 aliphatic carbocycles. The quantitative estimate of drug-likeness (QED) is 0.403. The number of nitrogens with two attached hydrogens (primary N) is 1. The monoisotopic (exact) mass is 297 g/mol. The van der Waals surface area contributed by atoms with E-state index in [-0.39, 0.29) is 30.8 Å². The lowest BCUT2D eigenvalue weighted by Crippen LogP contribution is -2.20. The second kappa shape index (κ2) is 8.05. The van der Waals surface area contributed by atoms with Gasteiger partial charge in [0.1, 0.15) is 12.3 Å². The lowest BCUT2D eigenvalue weighted by atomic mass is 10.2. The SMILES string of the molecule is CC(C)Oc1cccc(NCCOCC(N)=O)c1[N+](=O)[O-]. The highest BCUT2D eigenvalue weighted by atomic mass is 16.6. The van der Waals surface area contributed by atoms with E-state index in [1.807, 2.05) is 0 Å². The van der Waals surface area contributed by atoms with E-state index in [0.717, 1.165) is 0 Å². The first-order valence-electron chi connectivity index (χ1n) is 6.45. The summed E-state index contributed by atoms with van der Waals surface area (Å²) in [6.07, 6.45) is -0.169. The summed E-state index contributed by atoms with van der Waals surface area (Å²) in [5.74, 6) is -0.355. The highest BCUT2D eigenvalue weighted by Crippen LogP contribution is 2.35. The number of para-hydroxylation sites is 1. The summed E-state index contributed by atoms with van der Waals surface area (Å²) in [6, 6.07) is 4.80. The van der Waals surface area contributed by atoms with Crippen LogP contribution in [0.4, 0.5) is 11.4 Å². The van der Waals surface area contributed by atoms with Crippen molar-refractivity contribution < 1.29 is 19.2 Å². The molecule has 8 nitrogen and oxygen atoms in total. The molecular formula is C13H19N3O5. The number of benzene rings is 1. The summed E-state index contributed by atoms with van der Waals surface area (Å²) in [4.78, 5) is 21.2. The summed E-state index contributed by atoms with van der Waals surface area (Å²) in [6.45, 7) is 3.91. The number of nitro benzene ring substituents is 1. The van der Waals surface area contributed by atoms with Gasteiger partial charge in [-0.1, -0.05) is 6.07 Å². The van der Waals surface area contributed by atoms with E-state index in [9.17, 15) is 14.9 Å². The molecule has 0 saturated carbocycles. The largest absolute Gasteiger partial charge is 0.484 e. The molecule has 21 heavy (non-hydrogen) atoms. The van der Waals surface area contributed by atoms with Crippen LogP contribution in [0, 0.1) is 10.1 Å². The summed E-state index contributed by atoms with van der Waals surface area (Å²) in [7, 11) is 0. The maximum Gasteiger partial charge on any atom is 0.333 e. The van der Waals surface area contributed by atoms with E-state index in [1.54, 1.807) is 32.0 Å². The highest BCUT2D eigenvalue weighted by Gasteiger charge is 2.21. The van der Waals surface area contributed by atoms with Crippen LogP contribution in [0.25, 0.3) is 0 Å². The number of primary amides is 1. The van der Waals surface area contributed by atoms with E-state index in [2.05, 4.69) is 5.32 Å². The number of nitrogens with one attached hydrogen (secondary N) is 1. The van der Waals surface area contributed by atoms with E-state index < -0.39 is 10.8 Å². The Kier molecular flexibility index (Phi) is 6.41. The predicted octanol–water partition coefficient (Wildman–Crippen LogP) is 1.30. The smallest absolute Gasteiger partial charge is 0.333 e. The first-order valence-corrected chi connectivity index (χ1v) is 6.45. The molecular weight excluding hydrogens is 278 g/mol. The van der Waals surface area contributed by atoms with Crippen molar-refractivity contribution in [3.63, 3.8) is 0 Å². The Bertz CT molecular complexity index is 505. The van der Waals surface area contributed by atoms with Gasteiger partial charge in [-0.25, -0.2) is 0 Å². The minimum Gasteiger partial charge on any atom is -0.484 e. The number of nitro groups is 1. The van der Waals surface area contributed by atoms with Crippen molar-refractivity contribution in [2.45, 2.75) is 20.0 Å². The number of amides is 1. The average Bonchev–Trinajstić information content (AvgIpc) is 2.36. The van der Waals surface area contributed by atoms with Gasteiger partial charge in [-0.3, -0.25) is 14.9 Å². The molecule has 1 rings (SSSR count). The molecule has 8 heteroatoms. The number of anilines is 1. The fourth-order valence-corrected chi connectivity index (χ4v) is 1.63. The summed E-state index contributed by atoms with van der Waals surface area (Å²) in [5.41, 5.74) is 5.14. The van der Waals surface area contributed by atoms with Gasteiger partial charge in [0.15, 0.2) is 5.75 Å². The maximum absolute atomic E-state index is 11.2. The number of carbonyl (C=O) groups excluding carboxylic acids is 1. The molecule has 0 atom stereocenters. The van der Waals surface area contributed by atoms with Gasteiger partial charge in [0, 0.05) is 6.54 Å². The van der Waals surface area contributed by atoms with E-state index in [0.29, 0.717) is 12.2 Å². The van der Waals surface area contributed by atoms with Crippen molar-refractivity contribution in [1.29, 1.82) is 0 Å².